The number of methoxy groups -OCH3 is 2. The lowest BCUT2D eigenvalue weighted by Gasteiger charge is -2.08. The summed E-state index contributed by atoms with van der Waals surface area (Å²) in [7, 11) is 3.20. The topological polar surface area (TPSA) is 91.2 Å². The monoisotopic (exact) mass is 453 g/mol. The first-order valence-corrected chi connectivity index (χ1v) is 11.1. The number of anilines is 1. The standard InChI is InChI=1S/C21H19N5O3S2/c1-28-15-8-9-16(18(10-15)29-2)17-11-30-20(23-17)24-19(27)12-31-21-25-22-13-26(21)14-6-4-3-5-7-14/h3-11,13H,12H2,1-2H3,(H,23,24,27). The molecule has 1 amide bonds. The van der Waals surface area contributed by atoms with Crippen molar-refractivity contribution >= 4 is 34.1 Å². The van der Waals surface area contributed by atoms with Gasteiger partial charge < -0.3 is 14.8 Å². The zero-order valence-electron chi connectivity index (χ0n) is 16.8. The Morgan fingerprint density at radius 2 is 2.00 bits per heavy atom. The van der Waals surface area contributed by atoms with Crippen molar-refractivity contribution in [2.45, 2.75) is 5.16 Å². The van der Waals surface area contributed by atoms with Gasteiger partial charge in [-0.25, -0.2) is 4.98 Å². The van der Waals surface area contributed by atoms with Crippen LogP contribution in [0.1, 0.15) is 0 Å². The molecule has 0 spiro atoms. The molecule has 2 aromatic carbocycles. The maximum absolute atomic E-state index is 12.4. The minimum absolute atomic E-state index is 0.171. The molecule has 0 saturated carbocycles. The molecule has 0 atom stereocenters. The van der Waals surface area contributed by atoms with Gasteiger partial charge >= 0.3 is 0 Å². The van der Waals surface area contributed by atoms with Crippen molar-refractivity contribution in [2.75, 3.05) is 25.3 Å². The van der Waals surface area contributed by atoms with Crippen LogP contribution in [-0.4, -0.2) is 45.6 Å². The Bertz CT molecular complexity index is 1180. The van der Waals surface area contributed by atoms with Gasteiger partial charge in [0.2, 0.25) is 5.91 Å². The molecule has 158 valence electrons. The number of carbonyl (C=O) groups excluding carboxylic acids is 1. The van der Waals surface area contributed by atoms with Gasteiger partial charge in [0.15, 0.2) is 10.3 Å². The van der Waals surface area contributed by atoms with Crippen LogP contribution in [0.25, 0.3) is 16.9 Å². The SMILES string of the molecule is COc1ccc(-c2csc(NC(=O)CSc3nncn3-c3ccccc3)n2)c(OC)c1. The van der Waals surface area contributed by atoms with E-state index < -0.39 is 0 Å². The molecule has 31 heavy (non-hydrogen) atoms. The highest BCUT2D eigenvalue weighted by Gasteiger charge is 2.14. The molecule has 1 N–H and O–H groups in total. The van der Waals surface area contributed by atoms with Gasteiger partial charge in [-0.3, -0.25) is 9.36 Å². The van der Waals surface area contributed by atoms with Crippen LogP contribution in [0.5, 0.6) is 11.5 Å². The second kappa shape index (κ2) is 9.63. The molecule has 4 rings (SSSR count). The minimum atomic E-state index is -0.171. The number of nitrogens with zero attached hydrogens (tertiary/aromatic N) is 4. The van der Waals surface area contributed by atoms with Crippen LogP contribution in [0.4, 0.5) is 5.13 Å². The summed E-state index contributed by atoms with van der Waals surface area (Å²) < 4.78 is 12.5. The van der Waals surface area contributed by atoms with E-state index in [2.05, 4.69) is 20.5 Å². The number of rotatable bonds is 8. The van der Waals surface area contributed by atoms with Crippen LogP contribution in [0.15, 0.2) is 65.4 Å². The fourth-order valence-electron chi connectivity index (χ4n) is 2.84. The minimum Gasteiger partial charge on any atom is -0.497 e. The lowest BCUT2D eigenvalue weighted by Crippen LogP contribution is -2.14. The Kier molecular flexibility index (Phi) is 6.48. The zero-order chi connectivity index (χ0) is 21.6. The summed E-state index contributed by atoms with van der Waals surface area (Å²) in [6.45, 7) is 0. The molecule has 0 aliphatic rings. The average Bonchev–Trinajstić information content (AvgIpc) is 3.47. The van der Waals surface area contributed by atoms with Gasteiger partial charge in [0.1, 0.15) is 17.8 Å². The summed E-state index contributed by atoms with van der Waals surface area (Å²) >= 11 is 2.66. The molecular formula is C21H19N5O3S2. The molecular weight excluding hydrogens is 434 g/mol. The lowest BCUT2D eigenvalue weighted by atomic mass is 10.1. The largest absolute Gasteiger partial charge is 0.497 e. The number of nitrogens with one attached hydrogen (secondary N) is 1. The summed E-state index contributed by atoms with van der Waals surface area (Å²) in [4.78, 5) is 17.0. The number of benzene rings is 2. The van der Waals surface area contributed by atoms with E-state index in [0.29, 0.717) is 21.8 Å². The third-order valence-corrected chi connectivity index (χ3v) is 6.02. The second-order valence-corrected chi connectivity index (χ2v) is 8.06. The number of thiazole rings is 1. The van der Waals surface area contributed by atoms with E-state index in [1.165, 1.54) is 23.1 Å². The highest BCUT2D eigenvalue weighted by molar-refractivity contribution is 7.99. The van der Waals surface area contributed by atoms with E-state index in [4.69, 9.17) is 9.47 Å². The van der Waals surface area contributed by atoms with Crippen molar-refractivity contribution in [2.24, 2.45) is 0 Å². The number of carbonyl (C=O) groups is 1. The number of thioether (sulfide) groups is 1. The second-order valence-electron chi connectivity index (χ2n) is 6.26. The van der Waals surface area contributed by atoms with Gasteiger partial charge in [-0.15, -0.1) is 21.5 Å². The van der Waals surface area contributed by atoms with E-state index in [1.807, 2.05) is 52.4 Å². The van der Waals surface area contributed by atoms with Crippen LogP contribution in [-0.2, 0) is 4.79 Å². The van der Waals surface area contributed by atoms with Gasteiger partial charge in [0.25, 0.3) is 0 Å². The number of amides is 1. The molecule has 0 fully saturated rings. The smallest absolute Gasteiger partial charge is 0.236 e. The Morgan fingerprint density at radius 3 is 2.77 bits per heavy atom. The maximum atomic E-state index is 12.4. The third kappa shape index (κ3) is 4.86. The van der Waals surface area contributed by atoms with Crippen LogP contribution in [0, 0.1) is 0 Å². The van der Waals surface area contributed by atoms with Gasteiger partial charge in [-0.05, 0) is 24.3 Å². The number of para-hydroxylation sites is 1. The lowest BCUT2D eigenvalue weighted by molar-refractivity contribution is -0.113. The Labute approximate surface area is 187 Å². The predicted octanol–water partition coefficient (Wildman–Crippen LogP) is 4.14. The maximum Gasteiger partial charge on any atom is 0.236 e. The van der Waals surface area contributed by atoms with E-state index >= 15 is 0 Å². The van der Waals surface area contributed by atoms with Gasteiger partial charge in [0.05, 0.1) is 25.7 Å². The van der Waals surface area contributed by atoms with Gasteiger partial charge in [0, 0.05) is 22.7 Å². The first-order chi connectivity index (χ1) is 15.2. The van der Waals surface area contributed by atoms with Crippen molar-refractivity contribution < 1.29 is 14.3 Å². The molecule has 0 radical (unpaired) electrons. The number of hydrogen-bond acceptors (Lipinski definition) is 8. The molecule has 8 nitrogen and oxygen atoms in total. The normalized spacial score (nSPS) is 10.6. The molecule has 4 aromatic rings. The summed E-state index contributed by atoms with van der Waals surface area (Å²) in [5, 5.41) is 13.9. The molecule has 2 aromatic heterocycles. The predicted molar refractivity (Wildman–Crippen MR) is 121 cm³/mol. The highest BCUT2D eigenvalue weighted by atomic mass is 32.2. The fraction of sp³-hybridized carbons (Fsp3) is 0.143. The fourth-order valence-corrected chi connectivity index (χ4v) is 4.29. The van der Waals surface area contributed by atoms with Crippen molar-refractivity contribution in [3.63, 3.8) is 0 Å². The summed E-state index contributed by atoms with van der Waals surface area (Å²) in [6.07, 6.45) is 1.63. The van der Waals surface area contributed by atoms with Crippen LogP contribution >= 0.6 is 23.1 Å². The Morgan fingerprint density at radius 1 is 1.16 bits per heavy atom. The van der Waals surface area contributed by atoms with E-state index in [9.17, 15) is 4.79 Å². The van der Waals surface area contributed by atoms with E-state index in [0.717, 1.165) is 16.9 Å². The summed E-state index contributed by atoms with van der Waals surface area (Å²) in [6, 6.07) is 15.3. The van der Waals surface area contributed by atoms with E-state index in [-0.39, 0.29) is 11.7 Å². The molecule has 0 unspecified atom stereocenters. The van der Waals surface area contributed by atoms with Crippen molar-refractivity contribution in [1.82, 2.24) is 19.7 Å². The van der Waals surface area contributed by atoms with Crippen LogP contribution < -0.4 is 14.8 Å². The molecule has 0 aliphatic heterocycles. The highest BCUT2D eigenvalue weighted by Crippen LogP contribution is 2.34. The molecule has 0 bridgehead atoms. The quantitative estimate of drug-likeness (QED) is 0.401. The van der Waals surface area contributed by atoms with Gasteiger partial charge in [-0.2, -0.15) is 0 Å². The first-order valence-electron chi connectivity index (χ1n) is 9.24. The first kappa shape index (κ1) is 20.9. The van der Waals surface area contributed by atoms with Crippen molar-refractivity contribution in [1.29, 1.82) is 0 Å². The van der Waals surface area contributed by atoms with Crippen molar-refractivity contribution in [3.8, 4) is 28.4 Å². The summed E-state index contributed by atoms with van der Waals surface area (Å²) in [5.41, 5.74) is 2.48. The zero-order valence-corrected chi connectivity index (χ0v) is 18.4. The average molecular weight is 454 g/mol. The molecule has 0 saturated heterocycles. The van der Waals surface area contributed by atoms with Gasteiger partial charge in [-0.1, -0.05) is 30.0 Å². The number of hydrogen-bond donors (Lipinski definition) is 1. The van der Waals surface area contributed by atoms with Crippen LogP contribution in [0.2, 0.25) is 0 Å². The third-order valence-electron chi connectivity index (χ3n) is 4.32. The van der Waals surface area contributed by atoms with Crippen LogP contribution in [0.3, 0.4) is 0 Å². The Hall–Kier alpha value is -3.37. The summed E-state index contributed by atoms with van der Waals surface area (Å²) in [5.74, 6) is 1.37. The molecule has 2 heterocycles. The molecule has 10 heteroatoms. The Balaban J connectivity index is 1.40. The van der Waals surface area contributed by atoms with Crippen molar-refractivity contribution in [3.05, 3.63) is 60.2 Å². The van der Waals surface area contributed by atoms with E-state index in [1.54, 1.807) is 26.6 Å². The molecule has 0 aliphatic carbocycles. The number of aromatic nitrogens is 4. The number of ether oxygens (including phenoxy) is 2.